The van der Waals surface area contributed by atoms with Crippen molar-refractivity contribution in [1.29, 1.82) is 0 Å². The minimum absolute atomic E-state index is 0. The van der Waals surface area contributed by atoms with Gasteiger partial charge in [-0.1, -0.05) is 0 Å². The molecule has 0 amide bonds. The molecule has 0 aliphatic heterocycles. The Morgan fingerprint density at radius 1 is 0.923 bits per heavy atom. The van der Waals surface area contributed by atoms with Crippen molar-refractivity contribution in [2.45, 2.75) is 4.59 Å². The molecule has 0 radical (unpaired) electrons. The Hall–Kier alpha value is 1.68. The van der Waals surface area contributed by atoms with E-state index in [0.717, 1.165) is 0 Å². The van der Waals surface area contributed by atoms with Crippen LogP contribution < -0.4 is 59.1 Å². The molecule has 0 saturated heterocycles. The van der Waals surface area contributed by atoms with Gasteiger partial charge in [-0.2, -0.15) is 25.6 Å². The third-order valence-electron chi connectivity index (χ3n) is 0.601. The maximum atomic E-state index is 11.8. The van der Waals surface area contributed by atoms with Crippen molar-refractivity contribution < 1.29 is 96.7 Å². The molecule has 0 atom stereocenters. The van der Waals surface area contributed by atoms with E-state index in [1.807, 2.05) is 0 Å². The Morgan fingerprint density at radius 2 is 1.08 bits per heavy atom. The minimum Gasteiger partial charge on any atom is -1.00 e. The van der Waals surface area contributed by atoms with Gasteiger partial charge in [0.2, 0.25) is 0 Å². The van der Waals surface area contributed by atoms with Crippen LogP contribution >= 0.6 is 0 Å². The summed E-state index contributed by atoms with van der Waals surface area (Å²) in [4.78, 5) is 0. The van der Waals surface area contributed by atoms with Crippen molar-refractivity contribution in [3.63, 3.8) is 0 Å². The molecule has 2 N–H and O–H groups in total. The van der Waals surface area contributed by atoms with Gasteiger partial charge < -0.3 is 2.85 Å². The van der Waals surface area contributed by atoms with Crippen LogP contribution in [-0.4, -0.2) is 30.5 Å². The number of halogens is 2. The molecule has 13 heavy (non-hydrogen) atoms. The van der Waals surface area contributed by atoms with Crippen LogP contribution in [0.4, 0.5) is 8.78 Å². The van der Waals surface area contributed by atoms with Crippen molar-refractivity contribution in [2.75, 3.05) is 0 Å². The predicted molar refractivity (Wildman–Crippen MR) is 30.3 cm³/mol. The molecule has 0 rings (SSSR count). The molecule has 0 saturated carbocycles. The van der Waals surface area contributed by atoms with Crippen LogP contribution in [0.5, 0.6) is 0 Å². The van der Waals surface area contributed by atoms with Gasteiger partial charge in [0.25, 0.3) is 0 Å². The van der Waals surface area contributed by atoms with Crippen LogP contribution in [0.3, 0.4) is 0 Å². The first-order valence-corrected chi connectivity index (χ1v) is 4.70. The standard InChI is InChI=1S/CH2F2O6S2.2Na.2H/c2-1(3,10(4,5)6)11(7,8)9;;;;/h(H,4,5,6)(H,7,8,9);;;;/q;2*+1;2*-1. The van der Waals surface area contributed by atoms with E-state index in [-0.39, 0.29) is 62.0 Å². The van der Waals surface area contributed by atoms with Gasteiger partial charge in [-0.25, -0.2) is 0 Å². The maximum Gasteiger partial charge on any atom is 1.00 e. The molecule has 0 unspecified atom stereocenters. The van der Waals surface area contributed by atoms with E-state index < -0.39 is 24.8 Å². The molecule has 0 aromatic heterocycles. The molecule has 0 fully saturated rings. The number of hydrogen-bond donors (Lipinski definition) is 2. The molecule has 0 heterocycles. The maximum absolute atomic E-state index is 11.8. The van der Waals surface area contributed by atoms with Crippen LogP contribution in [0, 0.1) is 0 Å². The van der Waals surface area contributed by atoms with E-state index in [1.54, 1.807) is 0 Å². The van der Waals surface area contributed by atoms with Crippen molar-refractivity contribution >= 4 is 20.2 Å². The summed E-state index contributed by atoms with van der Waals surface area (Å²) < 4.78 is 71.3. The average Bonchev–Trinajstić information content (AvgIpc) is 1.58. The van der Waals surface area contributed by atoms with Gasteiger partial charge in [-0.15, -0.1) is 0 Å². The zero-order chi connectivity index (χ0) is 9.50. The second-order valence-electron chi connectivity index (χ2n) is 1.41. The second-order valence-corrected chi connectivity index (χ2v) is 4.60. The smallest absolute Gasteiger partial charge is 1.00 e. The predicted octanol–water partition coefficient (Wildman–Crippen LogP) is -6.45. The fourth-order valence-electron chi connectivity index (χ4n) is 0.133. The molecule has 0 aliphatic rings. The summed E-state index contributed by atoms with van der Waals surface area (Å²) in [5, 5.41) is 0. The van der Waals surface area contributed by atoms with E-state index in [9.17, 15) is 25.6 Å². The monoisotopic (exact) mass is 260 g/mol. The number of hydrogen-bond acceptors (Lipinski definition) is 4. The summed E-state index contributed by atoms with van der Waals surface area (Å²) in [6.07, 6.45) is 0. The van der Waals surface area contributed by atoms with E-state index in [1.165, 1.54) is 0 Å². The topological polar surface area (TPSA) is 109 Å². The van der Waals surface area contributed by atoms with E-state index in [2.05, 4.69) is 0 Å². The fourth-order valence-corrected chi connectivity index (χ4v) is 1.20. The van der Waals surface area contributed by atoms with Crippen molar-refractivity contribution in [3.8, 4) is 0 Å². The normalized spacial score (nSPS) is 12.6. The summed E-state index contributed by atoms with van der Waals surface area (Å²) in [7, 11) is -12.3. The molecule has 0 bridgehead atoms. The molecule has 0 aromatic rings. The number of rotatable bonds is 2. The third-order valence-corrected chi connectivity index (χ3v) is 3.07. The average molecular weight is 260 g/mol. The van der Waals surface area contributed by atoms with Gasteiger partial charge in [0.1, 0.15) is 0 Å². The van der Waals surface area contributed by atoms with Crippen LogP contribution in [0.15, 0.2) is 0 Å². The Morgan fingerprint density at radius 3 is 1.08 bits per heavy atom. The zero-order valence-electron chi connectivity index (χ0n) is 8.60. The van der Waals surface area contributed by atoms with Gasteiger partial charge >= 0.3 is 83.9 Å². The largest absolute Gasteiger partial charge is 1.00 e. The van der Waals surface area contributed by atoms with E-state index in [4.69, 9.17) is 9.11 Å². The Labute approximate surface area is 120 Å². The molecule has 72 valence electrons. The molecular formula is CH4F2Na2O6S2. The summed E-state index contributed by atoms with van der Waals surface area (Å²) in [5.74, 6) is 0. The SMILES string of the molecule is O=S(=O)(O)C(F)(F)S(=O)(=O)O.[H-].[H-].[Na+].[Na+]. The van der Waals surface area contributed by atoms with Gasteiger partial charge in [-0.05, 0) is 0 Å². The summed E-state index contributed by atoms with van der Waals surface area (Å²) >= 11 is 0. The molecule has 0 spiro atoms. The Balaban J connectivity index is -0.0000000833. The van der Waals surface area contributed by atoms with Crippen LogP contribution in [0.2, 0.25) is 0 Å². The molecule has 12 heteroatoms. The molecule has 6 nitrogen and oxygen atoms in total. The third kappa shape index (κ3) is 4.82. The second kappa shape index (κ2) is 5.68. The quantitative estimate of drug-likeness (QED) is 0.377. The molecular weight excluding hydrogens is 256 g/mol. The molecule has 0 aromatic carbocycles. The first kappa shape index (κ1) is 20.1. The van der Waals surface area contributed by atoms with Crippen LogP contribution in [0.1, 0.15) is 2.85 Å². The van der Waals surface area contributed by atoms with Crippen molar-refractivity contribution in [1.82, 2.24) is 0 Å². The van der Waals surface area contributed by atoms with Crippen LogP contribution in [-0.2, 0) is 20.2 Å². The minimum atomic E-state index is -6.13. The van der Waals surface area contributed by atoms with Gasteiger partial charge in [0.05, 0.1) is 0 Å². The van der Waals surface area contributed by atoms with Gasteiger partial charge in [0, 0.05) is 0 Å². The van der Waals surface area contributed by atoms with Crippen molar-refractivity contribution in [2.24, 2.45) is 0 Å². The van der Waals surface area contributed by atoms with Crippen LogP contribution in [0.25, 0.3) is 0 Å². The Bertz CT molecular complexity index is 317. The Kier molecular flexibility index (Phi) is 8.80. The number of alkyl halides is 2. The van der Waals surface area contributed by atoms with E-state index in [0.29, 0.717) is 0 Å². The zero-order valence-corrected chi connectivity index (χ0v) is 12.2. The summed E-state index contributed by atoms with van der Waals surface area (Å²) in [5.41, 5.74) is 0. The fraction of sp³-hybridized carbons (Fsp3) is 1.00. The summed E-state index contributed by atoms with van der Waals surface area (Å²) in [6, 6.07) is 0. The van der Waals surface area contributed by atoms with Gasteiger partial charge in [0.15, 0.2) is 0 Å². The first-order valence-electron chi connectivity index (χ1n) is 1.82. The molecule has 0 aliphatic carbocycles. The van der Waals surface area contributed by atoms with E-state index >= 15 is 0 Å². The van der Waals surface area contributed by atoms with Crippen molar-refractivity contribution in [3.05, 3.63) is 0 Å². The van der Waals surface area contributed by atoms with Gasteiger partial charge in [-0.3, -0.25) is 9.11 Å². The summed E-state index contributed by atoms with van der Waals surface area (Å²) in [6.45, 7) is 0. The first-order chi connectivity index (χ1) is 4.50.